The van der Waals surface area contributed by atoms with E-state index in [1.165, 1.54) is 29.8 Å². The van der Waals surface area contributed by atoms with Crippen molar-refractivity contribution < 1.29 is 4.74 Å². The molecular weight excluding hydrogens is 406 g/mol. The Hall–Kier alpha value is 0.697. The maximum absolute atomic E-state index is 5.67. The lowest BCUT2D eigenvalue weighted by Gasteiger charge is -2.08. The third-order valence-corrected chi connectivity index (χ3v) is 5.42. The van der Waals surface area contributed by atoms with Crippen LogP contribution in [0.2, 0.25) is 6.04 Å². The average molecular weight is 418 g/mol. The van der Waals surface area contributed by atoms with Crippen molar-refractivity contribution in [1.29, 1.82) is 0 Å². The molecule has 1 aromatic rings. The maximum Gasteiger partial charge on any atom is 0.133 e. The van der Waals surface area contributed by atoms with E-state index in [0.29, 0.717) is 0 Å². The second-order valence-electron chi connectivity index (χ2n) is 2.75. The molecule has 0 aliphatic heterocycles. The van der Waals surface area contributed by atoms with Gasteiger partial charge in [-0.15, -0.1) is 0 Å². The molecule has 1 aromatic carbocycles. The van der Waals surface area contributed by atoms with Gasteiger partial charge in [-0.2, -0.15) is 0 Å². The van der Waals surface area contributed by atoms with Crippen LogP contribution in [0.25, 0.3) is 0 Å². The third-order valence-electron chi connectivity index (χ3n) is 1.67. The van der Waals surface area contributed by atoms with Crippen molar-refractivity contribution in [2.45, 2.75) is 12.5 Å². The van der Waals surface area contributed by atoms with E-state index >= 15 is 0 Å². The van der Waals surface area contributed by atoms with Crippen molar-refractivity contribution in [2.24, 2.45) is 0 Å². The molecule has 1 nitrogen and oxygen atoms in total. The molecule has 13 heavy (non-hydrogen) atoms. The first-order valence-corrected chi connectivity index (χ1v) is 7.89. The molecule has 0 aliphatic rings. The zero-order chi connectivity index (χ0) is 9.68. The molecule has 0 aliphatic carbocycles. The molecule has 0 aromatic heterocycles. The van der Waals surface area contributed by atoms with Crippen LogP contribution in [0.15, 0.2) is 18.2 Å². The fourth-order valence-corrected chi connectivity index (χ4v) is 2.20. The van der Waals surface area contributed by atoms with Crippen molar-refractivity contribution in [3.05, 3.63) is 25.3 Å². The van der Waals surface area contributed by atoms with Crippen molar-refractivity contribution in [1.82, 2.24) is 0 Å². The summed E-state index contributed by atoms with van der Waals surface area (Å²) in [6.07, 6.45) is 1.19. The fraction of sp³-hybridized carbons (Fsp3) is 0.333. The van der Waals surface area contributed by atoms with Gasteiger partial charge >= 0.3 is 0 Å². The topological polar surface area (TPSA) is 9.23 Å². The molecule has 0 N–H and O–H groups in total. The first kappa shape index (κ1) is 11.8. The minimum atomic E-state index is 0.861. The first-order chi connectivity index (χ1) is 6.25. The van der Waals surface area contributed by atoms with Crippen molar-refractivity contribution in [2.75, 3.05) is 6.61 Å². The van der Waals surface area contributed by atoms with Gasteiger partial charge in [-0.1, -0.05) is 12.1 Å². The van der Waals surface area contributed by atoms with Gasteiger partial charge in [0.2, 0.25) is 0 Å². The molecule has 0 bridgehead atoms. The van der Waals surface area contributed by atoms with E-state index in [-0.39, 0.29) is 0 Å². The summed E-state index contributed by atoms with van der Waals surface area (Å²) in [5.41, 5.74) is 0. The summed E-state index contributed by atoms with van der Waals surface area (Å²) in [5, 5.41) is 0. The van der Waals surface area contributed by atoms with E-state index in [2.05, 4.69) is 51.2 Å². The van der Waals surface area contributed by atoms with Gasteiger partial charge in [-0.3, -0.25) is 0 Å². The normalized spacial score (nSPS) is 10.3. The lowest BCUT2D eigenvalue weighted by Crippen LogP contribution is -1.99. The minimum Gasteiger partial charge on any atom is -0.492 e. The van der Waals surface area contributed by atoms with E-state index in [1.54, 1.807) is 0 Å². The summed E-state index contributed by atoms with van der Waals surface area (Å²) < 4.78 is 8.16. The Morgan fingerprint density at radius 1 is 1.31 bits per heavy atom. The second kappa shape index (κ2) is 6.23. The Bertz CT molecular complexity index is 278. The van der Waals surface area contributed by atoms with Crippen LogP contribution >= 0.6 is 45.2 Å². The van der Waals surface area contributed by atoms with Crippen LogP contribution in [0.5, 0.6) is 5.75 Å². The highest BCUT2D eigenvalue weighted by Crippen LogP contribution is 2.25. The van der Waals surface area contributed by atoms with Crippen molar-refractivity contribution >= 4 is 55.4 Å². The Kier molecular flexibility index (Phi) is 5.64. The van der Waals surface area contributed by atoms with Crippen LogP contribution in [0.4, 0.5) is 0 Å². The standard InChI is InChI=1S/C9H12I2OSi/c10-7-3-1-4-8(9(7)11)12-5-2-6-13/h1,3-4H,2,5-6H2,13H3. The Balaban J connectivity index is 2.61. The number of hydrogen-bond donors (Lipinski definition) is 0. The molecule has 0 atom stereocenters. The average Bonchev–Trinajstić information content (AvgIpc) is 2.13. The smallest absolute Gasteiger partial charge is 0.133 e. The number of rotatable bonds is 4. The summed E-state index contributed by atoms with van der Waals surface area (Å²) in [6.45, 7) is 0.861. The predicted molar refractivity (Wildman–Crippen MR) is 76.7 cm³/mol. The molecule has 0 radical (unpaired) electrons. The van der Waals surface area contributed by atoms with Crippen molar-refractivity contribution in [3.63, 3.8) is 0 Å². The summed E-state index contributed by atoms with van der Waals surface area (Å²) in [6, 6.07) is 7.50. The predicted octanol–water partition coefficient (Wildman–Crippen LogP) is 2.45. The minimum absolute atomic E-state index is 0.861. The molecule has 0 unspecified atom stereocenters. The molecule has 0 fully saturated rings. The summed E-state index contributed by atoms with van der Waals surface area (Å²) in [4.78, 5) is 0. The molecule has 0 spiro atoms. The lowest BCUT2D eigenvalue weighted by atomic mass is 10.3. The summed E-state index contributed by atoms with van der Waals surface area (Å²) in [7, 11) is 1.28. The van der Waals surface area contributed by atoms with Gasteiger partial charge in [0, 0.05) is 13.8 Å². The van der Waals surface area contributed by atoms with E-state index in [4.69, 9.17) is 4.74 Å². The van der Waals surface area contributed by atoms with Crippen LogP contribution < -0.4 is 4.74 Å². The van der Waals surface area contributed by atoms with Gasteiger partial charge in [0.25, 0.3) is 0 Å². The maximum atomic E-state index is 5.67. The van der Waals surface area contributed by atoms with E-state index in [9.17, 15) is 0 Å². The molecule has 0 amide bonds. The zero-order valence-electron chi connectivity index (χ0n) is 7.52. The quantitative estimate of drug-likeness (QED) is 0.415. The molecule has 0 heterocycles. The van der Waals surface area contributed by atoms with Crippen LogP contribution in [0, 0.1) is 7.14 Å². The number of benzene rings is 1. The van der Waals surface area contributed by atoms with Gasteiger partial charge in [0.05, 0.1) is 10.2 Å². The molecule has 72 valence electrons. The summed E-state index contributed by atoms with van der Waals surface area (Å²) >= 11 is 4.66. The van der Waals surface area contributed by atoms with E-state index < -0.39 is 0 Å². The Labute approximate surface area is 109 Å². The number of halogens is 2. The SMILES string of the molecule is [SiH3]CCCOc1cccc(I)c1I. The Morgan fingerprint density at radius 2 is 2.08 bits per heavy atom. The molecule has 0 saturated carbocycles. The van der Waals surface area contributed by atoms with Crippen molar-refractivity contribution in [3.8, 4) is 5.75 Å². The molecule has 0 saturated heterocycles. The zero-order valence-corrected chi connectivity index (χ0v) is 13.8. The summed E-state index contributed by atoms with van der Waals surface area (Å²) in [5.74, 6) is 1.03. The van der Waals surface area contributed by atoms with Crippen LogP contribution in [-0.2, 0) is 0 Å². The van der Waals surface area contributed by atoms with Crippen LogP contribution in [-0.4, -0.2) is 16.8 Å². The van der Waals surface area contributed by atoms with Gasteiger partial charge < -0.3 is 4.74 Å². The molecule has 4 heteroatoms. The fourth-order valence-electron chi connectivity index (χ4n) is 0.922. The highest BCUT2D eigenvalue weighted by atomic mass is 127. The van der Waals surface area contributed by atoms with Gasteiger partial charge in [-0.25, -0.2) is 0 Å². The third kappa shape index (κ3) is 3.74. The van der Waals surface area contributed by atoms with E-state index in [0.717, 1.165) is 12.4 Å². The molecular formula is C9H12I2OSi. The van der Waals surface area contributed by atoms with Gasteiger partial charge in [0.1, 0.15) is 5.75 Å². The highest BCUT2D eigenvalue weighted by Gasteiger charge is 2.02. The first-order valence-electron chi connectivity index (χ1n) is 4.32. The van der Waals surface area contributed by atoms with Crippen LogP contribution in [0.3, 0.4) is 0 Å². The van der Waals surface area contributed by atoms with Gasteiger partial charge in [0.15, 0.2) is 0 Å². The number of hydrogen-bond acceptors (Lipinski definition) is 1. The lowest BCUT2D eigenvalue weighted by molar-refractivity contribution is 0.315. The van der Waals surface area contributed by atoms with E-state index in [1.807, 2.05) is 12.1 Å². The monoisotopic (exact) mass is 418 g/mol. The molecule has 1 rings (SSSR count). The number of ether oxygens (including phenoxy) is 1. The Morgan fingerprint density at radius 3 is 2.77 bits per heavy atom. The van der Waals surface area contributed by atoms with Gasteiger partial charge in [-0.05, 0) is 63.7 Å². The highest BCUT2D eigenvalue weighted by molar-refractivity contribution is 14.1. The van der Waals surface area contributed by atoms with Crippen LogP contribution in [0.1, 0.15) is 6.42 Å². The largest absolute Gasteiger partial charge is 0.492 e. The second-order valence-corrected chi connectivity index (χ2v) is 5.99.